The zero-order valence-electron chi connectivity index (χ0n) is 68.6. The van der Waals surface area contributed by atoms with Gasteiger partial charge in [0.1, 0.15) is 0 Å². The molecule has 127 heavy (non-hydrogen) atoms. The third-order valence-corrected chi connectivity index (χ3v) is 24.5. The number of rotatable bonds is 32. The molecule has 0 amide bonds. The normalized spacial score (nSPS) is 10.5. The van der Waals surface area contributed by atoms with E-state index < -0.39 is 112 Å². The van der Waals surface area contributed by atoms with E-state index in [0.717, 1.165) is 48.9 Å². The van der Waals surface area contributed by atoms with Crippen LogP contribution in [0.2, 0.25) is 0 Å². The third-order valence-electron chi connectivity index (χ3n) is 12.6. The zero-order valence-corrected chi connectivity index (χ0v) is 89.2. The number of ether oxygens (including phenoxy) is 2. The average molecular weight is 2180 g/mol. The second kappa shape index (κ2) is 76.2. The van der Waals surface area contributed by atoms with Crippen molar-refractivity contribution in [3.8, 4) is 0 Å². The van der Waals surface area contributed by atoms with Gasteiger partial charge in [-0.2, -0.15) is 12.6 Å². The first kappa shape index (κ1) is 141. The Kier molecular flexibility index (Phi) is 84.4. The molecule has 5 N–H and O–H groups in total. The number of halogens is 6. The van der Waals surface area contributed by atoms with E-state index in [1.807, 2.05) is 34.6 Å². The van der Waals surface area contributed by atoms with Gasteiger partial charge < -0.3 is 28.9 Å². The molecule has 0 fully saturated rings. The fourth-order valence-corrected chi connectivity index (χ4v) is 17.0. The number of thiol groups is 1. The Labute approximate surface area is 852 Å². The second-order valence-electron chi connectivity index (χ2n) is 22.4. The van der Waals surface area contributed by atoms with Gasteiger partial charge in [-0.1, -0.05) is 60.7 Å². The first-order valence-corrected chi connectivity index (χ1v) is 55.6. The fraction of sp³-hybridized carbons (Fsp3) is 0.403. The molecule has 60 heteroatoms. The minimum Gasteiger partial charge on any atom is 1.00 e. The Bertz CT molecular complexity index is 5610. The molecule has 5 aromatic rings. The molecule has 39 nitrogen and oxygen atoms in total. The number of benzene rings is 5. The van der Waals surface area contributed by atoms with E-state index in [1.165, 1.54) is 67.3 Å². The van der Waals surface area contributed by atoms with E-state index in [-0.39, 0.29) is 222 Å². The number of nitrogens with one attached hydrogen (secondary N) is 1. The van der Waals surface area contributed by atoms with Crippen molar-refractivity contribution in [1.29, 1.82) is 0 Å². The summed E-state index contributed by atoms with van der Waals surface area (Å²) in [5.74, 6) is -2.53. The summed E-state index contributed by atoms with van der Waals surface area (Å²) in [6.07, 6.45) is 1.11. The number of nitro benzene ring substituents is 1. The molecule has 0 heterocycles. The van der Waals surface area contributed by atoms with Crippen LogP contribution in [-0.2, 0) is 106 Å². The molecule has 0 bridgehead atoms. The Balaban J connectivity index is -0.000000183. The minimum absolute atomic E-state index is 0. The zero-order chi connectivity index (χ0) is 97.5. The number of hydrogen-bond acceptors (Lipinski definition) is 29. The predicted octanol–water partition coefficient (Wildman–Crippen LogP) is 8.29. The van der Waals surface area contributed by atoms with Crippen molar-refractivity contribution in [3.63, 3.8) is 0 Å². The molecule has 0 aliphatic heterocycles. The summed E-state index contributed by atoms with van der Waals surface area (Å²) in [6, 6.07) is 19.2. The van der Waals surface area contributed by atoms with Crippen molar-refractivity contribution in [3.05, 3.63) is 215 Å². The van der Waals surface area contributed by atoms with E-state index in [4.69, 9.17) is 96.4 Å². The van der Waals surface area contributed by atoms with Crippen LogP contribution in [0.1, 0.15) is 73.1 Å². The van der Waals surface area contributed by atoms with Gasteiger partial charge in [-0.05, 0) is 149 Å². The summed E-state index contributed by atoms with van der Waals surface area (Å²) in [4.78, 5) is 41.3. The first-order valence-electron chi connectivity index (χ1n) is 33.1. The van der Waals surface area contributed by atoms with Crippen molar-refractivity contribution in [2.24, 2.45) is 5.73 Å². The smallest absolute Gasteiger partial charge is 1.00 e. The molecule has 689 valence electrons. The van der Waals surface area contributed by atoms with Crippen LogP contribution in [0.5, 0.6) is 0 Å². The van der Waals surface area contributed by atoms with Crippen molar-refractivity contribution in [2.45, 2.75) is 105 Å². The van der Waals surface area contributed by atoms with Crippen molar-refractivity contribution >= 4 is 236 Å². The van der Waals surface area contributed by atoms with Crippen LogP contribution >= 0.6 is 94.2 Å². The summed E-state index contributed by atoms with van der Waals surface area (Å²) in [5.41, 5.74) is 5.10. The molecule has 0 aromatic heterocycles. The van der Waals surface area contributed by atoms with Gasteiger partial charge in [0.2, 0.25) is 24.8 Å². The number of thioether (sulfide) groups is 1. The maximum absolute atomic E-state index is 12.3. The summed E-state index contributed by atoms with van der Waals surface area (Å²) >= 11 is 19.7. The Hall–Kier alpha value is -4.17. The molecular weight excluding hydrogens is 2100 g/mol. The van der Waals surface area contributed by atoms with Crippen LogP contribution in [-0.4, -0.2) is 193 Å². The van der Waals surface area contributed by atoms with Crippen LogP contribution in [0.15, 0.2) is 111 Å². The maximum Gasteiger partial charge on any atom is 1.00 e. The summed E-state index contributed by atoms with van der Waals surface area (Å²) in [5, 5.41) is 19.1. The van der Waals surface area contributed by atoms with E-state index >= 15 is 0 Å². The van der Waals surface area contributed by atoms with Crippen LogP contribution in [0.3, 0.4) is 0 Å². The molecule has 0 radical (unpaired) electrons. The first-order chi connectivity index (χ1) is 57.4. The van der Waals surface area contributed by atoms with Gasteiger partial charge in [0.15, 0.2) is 80.7 Å². The van der Waals surface area contributed by atoms with Gasteiger partial charge >= 0.3 is 127 Å². The molecule has 0 saturated heterocycles. The largest absolute Gasteiger partial charge is 1.00 e. The van der Waals surface area contributed by atoms with Gasteiger partial charge in [-0.15, -0.1) is 11.8 Å². The van der Waals surface area contributed by atoms with E-state index in [1.54, 1.807) is 18.2 Å². The fourth-order valence-electron chi connectivity index (χ4n) is 7.56. The van der Waals surface area contributed by atoms with Crippen LogP contribution in [0.25, 0.3) is 48.5 Å². The van der Waals surface area contributed by atoms with Gasteiger partial charge in [-0.25, -0.2) is 76.9 Å². The van der Waals surface area contributed by atoms with Gasteiger partial charge in [0.05, 0.1) is 157 Å². The second-order valence-corrected chi connectivity index (χ2v) is 47.9. The molecule has 0 saturated carbocycles. The number of nitrogens with two attached hydrogens (primary N) is 1. The van der Waals surface area contributed by atoms with Crippen molar-refractivity contribution in [1.82, 2.24) is 4.72 Å². The van der Waals surface area contributed by atoms with Crippen LogP contribution in [0, 0.1) is 75.8 Å². The third kappa shape index (κ3) is 75.9. The van der Waals surface area contributed by atoms with Crippen molar-refractivity contribution < 1.29 is 212 Å². The summed E-state index contributed by atoms with van der Waals surface area (Å²) in [7, 11) is -15.3. The molecule has 0 unspecified atom stereocenters. The Morgan fingerprint density at radius 3 is 1.03 bits per heavy atom. The quantitative estimate of drug-likeness (QED) is 0.00231. The van der Waals surface area contributed by atoms with E-state index in [2.05, 4.69) is 125 Å². The number of nitrogens with zero attached hydrogens (tertiary/aromatic N) is 11. The minimum atomic E-state index is -4.45. The molecule has 0 atom stereocenters. The number of hydrogen-bond donors (Lipinski definition) is 5. The SMILES string of the molecule is CCOC(C)C.CN.O=P(Cl)(Cl)Cl.O=S(=O)([O-])CCCS.OO.[C-]#[N+]c1ccc(S(=O)(=O)CCCS(=O)(=O)Cl)cc1[N+]#[C-].[C-]#[N+]c1ccc(S(=O)(=O)CCCS(=O)(=O)NCCCOC(C)C)cc1[N+]#[C-].[C-]#[N+]c1ccc(S(=O)(=O)CCCS(=O)(=O)[O-])cc1[N+]#[C-].[C-]#[N+]c1ccc(SCCCS(=O)(=O)[O-])cc1[N+]#[C-].[C-]#[N+]c1ccc([N+](=O)[O-])cc1[N+]#[C-].[Cl][Cu][Cl].[Na+].[Na+].[Na+]. The maximum atomic E-state index is 12.3. The number of non-ortho nitro benzene ring substituents is 1. The monoisotopic (exact) mass is 2170 g/mol. The van der Waals surface area contributed by atoms with Crippen molar-refractivity contribution in [2.75, 3.05) is 84.3 Å². The molecule has 5 aromatic carbocycles. The van der Waals surface area contributed by atoms with Crippen LogP contribution in [0.4, 0.5) is 62.6 Å². The van der Waals surface area contributed by atoms with Crippen LogP contribution < -0.4 is 99.1 Å². The molecule has 0 aliphatic rings. The number of sulfonamides is 1. The summed E-state index contributed by atoms with van der Waals surface area (Å²) in [6.45, 7) is 79.9. The van der Waals surface area contributed by atoms with E-state index in [0.29, 0.717) is 42.7 Å². The molecule has 0 spiro atoms. The van der Waals surface area contributed by atoms with Gasteiger partial charge in [0, 0.05) is 59.8 Å². The predicted molar refractivity (Wildman–Crippen MR) is 475 cm³/mol. The molecule has 5 rings (SSSR count). The van der Waals surface area contributed by atoms with Gasteiger partial charge in [0.25, 0.3) is 5.69 Å². The topological polar surface area (TPSA) is 543 Å². The molecule has 0 aliphatic carbocycles. The number of sulfone groups is 3. The van der Waals surface area contributed by atoms with Gasteiger partial charge in [-0.3, -0.25) is 68.8 Å². The average Bonchev–Trinajstić information content (AvgIpc) is 0.828. The summed E-state index contributed by atoms with van der Waals surface area (Å²) < 4.78 is 232. The Morgan fingerprint density at radius 2 is 0.756 bits per heavy atom. The molecular formula is C67H79Cl6CuN13Na3O26PS10. The standard InChI is InChI=1S/C17H23N3O5S2.C11H9ClN2O4S2.C11H10N2O5S2.C11H10N2O3S2.C8H3N3O2.C5H12O.C3H8O3S2.CH5N.Cl3OP.2ClH.Cu.3Na.H2O2/c1-14(2)25-10-5-9-20-27(23,24)12-6-11-26(21,22)15-7-8-16(18-3)17(13-15)19-4;1-13-10-5-4-9(8-11(10)14-2)19(15,16)6-3-7-20(12,17)18;1-12-10-5-4-9(8-11(10)13-2)19(14,15)6-3-7-20(16,17)18;1-12-10-5-4-9(8-11(10)13-2)17-6-3-7-18(14,15)16;1-9-7-4-3-6(11(12)13)5-8(7)10-2;1-4-6-5(2)3;4-8(5,6)3-1-2-7;1-2;1-5(2,3)4;;;;;;;1-2/h7-8,13-14,20H,5-6,9-12H2,1-2H3;4-5,8H,3,6-7H2;4-5,8H,3,6-7H2,(H,16,17,18);4-5,8H,3,6-7H2,(H,14,15,16);3-5H;5H,4H2,1-3H3;7H,1-3H2,(H,4,5,6);2H2,1H3;;2*1H;;;;;1-2H/q;;;;;;;;;;;+2;3*+1;/p-5. The Morgan fingerprint density at radius 1 is 0.472 bits per heavy atom. The number of nitro groups is 1. The van der Waals surface area contributed by atoms with E-state index in [9.17, 15) is 95.7 Å².